The van der Waals surface area contributed by atoms with Gasteiger partial charge in [0, 0.05) is 48.2 Å². The molecular weight excluding hydrogens is 312 g/mol. The van der Waals surface area contributed by atoms with Crippen LogP contribution in [-0.4, -0.2) is 24.2 Å². The Kier molecular flexibility index (Phi) is 5.86. The molecule has 2 aromatic rings. The second-order valence-electron chi connectivity index (χ2n) is 5.67. The summed E-state index contributed by atoms with van der Waals surface area (Å²) in [7, 11) is 0. The third-order valence-electron chi connectivity index (χ3n) is 3.85. The summed E-state index contributed by atoms with van der Waals surface area (Å²) in [6.07, 6.45) is 6.18. The van der Waals surface area contributed by atoms with E-state index in [2.05, 4.69) is 10.3 Å². The molecule has 0 spiro atoms. The Hall–Kier alpha value is -1.62. The molecule has 122 valence electrons. The highest BCUT2D eigenvalue weighted by atomic mass is 35.5. The van der Waals surface area contributed by atoms with Crippen LogP contribution in [0.4, 0.5) is 0 Å². The summed E-state index contributed by atoms with van der Waals surface area (Å²) in [6.45, 7) is 2.94. The van der Waals surface area contributed by atoms with Crippen molar-refractivity contribution in [1.82, 2.24) is 10.3 Å². The monoisotopic (exact) mass is 332 g/mol. The van der Waals surface area contributed by atoms with E-state index >= 15 is 0 Å². The number of nitrogens with zero attached hydrogens (tertiary/aromatic N) is 1. The molecule has 1 unspecified atom stereocenters. The molecule has 0 aliphatic carbocycles. The standard InChI is InChI=1S/C18H21ClN2O2/c19-16-5-6-18(23-13-14-3-1-7-20-10-14)15(9-16)11-21-12-17-4-2-8-22-17/h1,3,5-7,9-10,17,21H,2,4,8,11-13H2. The lowest BCUT2D eigenvalue weighted by Gasteiger charge is -2.14. The number of ether oxygens (including phenoxy) is 2. The van der Waals surface area contributed by atoms with Gasteiger partial charge >= 0.3 is 0 Å². The van der Waals surface area contributed by atoms with Crippen molar-refractivity contribution in [2.45, 2.75) is 32.1 Å². The molecule has 1 aromatic heterocycles. The summed E-state index contributed by atoms with van der Waals surface area (Å²) in [4.78, 5) is 4.10. The van der Waals surface area contributed by atoms with Crippen LogP contribution >= 0.6 is 11.6 Å². The van der Waals surface area contributed by atoms with Crippen LogP contribution in [-0.2, 0) is 17.9 Å². The van der Waals surface area contributed by atoms with E-state index in [1.54, 1.807) is 6.20 Å². The molecule has 1 atom stereocenters. The van der Waals surface area contributed by atoms with Gasteiger partial charge in [0.15, 0.2) is 0 Å². The first-order valence-electron chi connectivity index (χ1n) is 7.94. The maximum Gasteiger partial charge on any atom is 0.124 e. The molecule has 1 fully saturated rings. The lowest BCUT2D eigenvalue weighted by Crippen LogP contribution is -2.26. The van der Waals surface area contributed by atoms with Gasteiger partial charge in [-0.15, -0.1) is 0 Å². The maximum absolute atomic E-state index is 6.12. The molecule has 3 rings (SSSR count). The van der Waals surface area contributed by atoms with Gasteiger partial charge in [-0.3, -0.25) is 4.98 Å². The van der Waals surface area contributed by atoms with Gasteiger partial charge in [0.05, 0.1) is 6.10 Å². The number of rotatable bonds is 7. The smallest absolute Gasteiger partial charge is 0.124 e. The Morgan fingerprint density at radius 1 is 1.35 bits per heavy atom. The van der Waals surface area contributed by atoms with E-state index < -0.39 is 0 Å². The Morgan fingerprint density at radius 3 is 3.09 bits per heavy atom. The number of hydrogen-bond donors (Lipinski definition) is 1. The zero-order valence-electron chi connectivity index (χ0n) is 13.0. The summed E-state index contributed by atoms with van der Waals surface area (Å²) in [6, 6.07) is 9.62. The second kappa shape index (κ2) is 8.29. The van der Waals surface area contributed by atoms with Gasteiger partial charge in [-0.25, -0.2) is 0 Å². The molecule has 2 heterocycles. The third kappa shape index (κ3) is 4.93. The van der Waals surface area contributed by atoms with Gasteiger partial charge in [0.2, 0.25) is 0 Å². The fourth-order valence-electron chi connectivity index (χ4n) is 2.64. The topological polar surface area (TPSA) is 43.4 Å². The van der Waals surface area contributed by atoms with Gasteiger partial charge < -0.3 is 14.8 Å². The van der Waals surface area contributed by atoms with Crippen LogP contribution in [0.1, 0.15) is 24.0 Å². The SMILES string of the molecule is Clc1ccc(OCc2cccnc2)c(CNCC2CCCO2)c1. The lowest BCUT2D eigenvalue weighted by molar-refractivity contribution is 0.110. The maximum atomic E-state index is 6.12. The molecule has 1 aromatic carbocycles. The largest absolute Gasteiger partial charge is 0.489 e. The van der Waals surface area contributed by atoms with Crippen molar-refractivity contribution in [3.05, 3.63) is 58.9 Å². The molecule has 1 N–H and O–H groups in total. The van der Waals surface area contributed by atoms with Gasteiger partial charge in [-0.1, -0.05) is 17.7 Å². The van der Waals surface area contributed by atoms with Crippen molar-refractivity contribution < 1.29 is 9.47 Å². The Morgan fingerprint density at radius 2 is 2.30 bits per heavy atom. The minimum atomic E-state index is 0.328. The quantitative estimate of drug-likeness (QED) is 0.841. The van der Waals surface area contributed by atoms with Gasteiger partial charge in [-0.05, 0) is 37.1 Å². The van der Waals surface area contributed by atoms with Crippen LogP contribution < -0.4 is 10.1 Å². The summed E-state index contributed by atoms with van der Waals surface area (Å²) in [5.41, 5.74) is 2.10. The van der Waals surface area contributed by atoms with Crippen LogP contribution in [0.15, 0.2) is 42.7 Å². The number of aromatic nitrogens is 1. The minimum Gasteiger partial charge on any atom is -0.489 e. The third-order valence-corrected chi connectivity index (χ3v) is 4.09. The predicted molar refractivity (Wildman–Crippen MR) is 90.7 cm³/mol. The van der Waals surface area contributed by atoms with Crippen LogP contribution in [0.5, 0.6) is 5.75 Å². The molecule has 4 nitrogen and oxygen atoms in total. The molecule has 0 saturated carbocycles. The zero-order valence-corrected chi connectivity index (χ0v) is 13.8. The predicted octanol–water partition coefficient (Wildman–Crippen LogP) is 3.58. The normalized spacial score (nSPS) is 17.3. The zero-order chi connectivity index (χ0) is 15.9. The molecule has 0 radical (unpaired) electrons. The van der Waals surface area contributed by atoms with E-state index in [9.17, 15) is 0 Å². The number of halogens is 1. The summed E-state index contributed by atoms with van der Waals surface area (Å²) in [5.74, 6) is 0.845. The molecule has 1 aliphatic heterocycles. The molecule has 23 heavy (non-hydrogen) atoms. The van der Waals surface area contributed by atoms with E-state index in [0.717, 1.165) is 42.9 Å². The van der Waals surface area contributed by atoms with Crippen molar-refractivity contribution >= 4 is 11.6 Å². The number of nitrogens with one attached hydrogen (secondary N) is 1. The summed E-state index contributed by atoms with van der Waals surface area (Å²) in [5, 5.41) is 4.15. The fourth-order valence-corrected chi connectivity index (χ4v) is 2.84. The Labute approximate surface area is 141 Å². The fraction of sp³-hybridized carbons (Fsp3) is 0.389. The van der Waals surface area contributed by atoms with Crippen molar-refractivity contribution in [3.63, 3.8) is 0 Å². The number of benzene rings is 1. The highest BCUT2D eigenvalue weighted by Crippen LogP contribution is 2.24. The van der Waals surface area contributed by atoms with Gasteiger partial charge in [0.25, 0.3) is 0 Å². The highest BCUT2D eigenvalue weighted by Gasteiger charge is 2.15. The molecule has 0 amide bonds. The molecule has 5 heteroatoms. The molecule has 0 bridgehead atoms. The lowest BCUT2D eigenvalue weighted by atomic mass is 10.2. The van der Waals surface area contributed by atoms with Crippen LogP contribution in [0.25, 0.3) is 0 Å². The van der Waals surface area contributed by atoms with Crippen molar-refractivity contribution in [3.8, 4) is 5.75 Å². The van der Waals surface area contributed by atoms with Crippen molar-refractivity contribution in [2.24, 2.45) is 0 Å². The first-order valence-corrected chi connectivity index (χ1v) is 8.31. The van der Waals surface area contributed by atoms with E-state index in [1.165, 1.54) is 0 Å². The average Bonchev–Trinajstić information content (AvgIpc) is 3.08. The van der Waals surface area contributed by atoms with Crippen LogP contribution in [0.3, 0.4) is 0 Å². The van der Waals surface area contributed by atoms with E-state index in [1.807, 2.05) is 36.5 Å². The number of hydrogen-bond acceptors (Lipinski definition) is 4. The van der Waals surface area contributed by atoms with E-state index in [-0.39, 0.29) is 0 Å². The van der Waals surface area contributed by atoms with Crippen LogP contribution in [0, 0.1) is 0 Å². The van der Waals surface area contributed by atoms with E-state index in [0.29, 0.717) is 24.3 Å². The summed E-state index contributed by atoms with van der Waals surface area (Å²) >= 11 is 6.12. The Balaban J connectivity index is 1.58. The first kappa shape index (κ1) is 16.2. The van der Waals surface area contributed by atoms with Gasteiger partial charge in [0.1, 0.15) is 12.4 Å². The second-order valence-corrected chi connectivity index (χ2v) is 6.10. The minimum absolute atomic E-state index is 0.328. The Bertz CT molecular complexity index is 616. The highest BCUT2D eigenvalue weighted by molar-refractivity contribution is 6.30. The number of pyridine rings is 1. The van der Waals surface area contributed by atoms with Crippen molar-refractivity contribution in [2.75, 3.05) is 13.2 Å². The van der Waals surface area contributed by atoms with Crippen LogP contribution in [0.2, 0.25) is 5.02 Å². The average molecular weight is 333 g/mol. The molecule has 1 saturated heterocycles. The van der Waals surface area contributed by atoms with Crippen molar-refractivity contribution in [1.29, 1.82) is 0 Å². The molecule has 1 aliphatic rings. The van der Waals surface area contributed by atoms with E-state index in [4.69, 9.17) is 21.1 Å². The van der Waals surface area contributed by atoms with Gasteiger partial charge in [-0.2, -0.15) is 0 Å². The summed E-state index contributed by atoms with van der Waals surface area (Å²) < 4.78 is 11.6. The first-order chi connectivity index (χ1) is 11.3. The molecular formula is C18H21ClN2O2.